The normalized spacial score (nSPS) is 11.7. The van der Waals surface area contributed by atoms with Gasteiger partial charge in [-0.2, -0.15) is 0 Å². The molecule has 1 amide bonds. The number of benzene rings is 1. The summed E-state index contributed by atoms with van der Waals surface area (Å²) in [6.45, 7) is 4.40. The molecule has 1 aromatic carbocycles. The molecule has 0 radical (unpaired) electrons. The predicted octanol–water partition coefficient (Wildman–Crippen LogP) is 1.90. The largest absolute Gasteiger partial charge is 0.352 e. The molecule has 5 nitrogen and oxygen atoms in total. The minimum Gasteiger partial charge on any atom is -0.352 e. The van der Waals surface area contributed by atoms with Crippen molar-refractivity contribution >= 4 is 27.5 Å². The summed E-state index contributed by atoms with van der Waals surface area (Å²) in [7, 11) is -4.25. The number of carbonyl (C=O) groups is 1. The minimum atomic E-state index is -4.25. The first-order valence-electron chi connectivity index (χ1n) is 5.93. The number of nitrogens with one attached hydrogen (secondary N) is 1. The van der Waals surface area contributed by atoms with Crippen LogP contribution in [0.15, 0.2) is 17.0 Å². The molecule has 0 saturated carbocycles. The van der Waals surface area contributed by atoms with Crippen molar-refractivity contribution < 1.29 is 17.6 Å². The van der Waals surface area contributed by atoms with E-state index in [0.29, 0.717) is 12.5 Å². The summed E-state index contributed by atoms with van der Waals surface area (Å²) < 4.78 is 35.9. The van der Waals surface area contributed by atoms with Crippen LogP contribution in [-0.2, 0) is 10.0 Å². The third kappa shape index (κ3) is 4.43. The van der Waals surface area contributed by atoms with Crippen LogP contribution in [0.2, 0.25) is 5.02 Å². The second-order valence-corrected chi connectivity index (χ2v) is 6.68. The first-order chi connectivity index (χ1) is 9.12. The zero-order chi connectivity index (χ0) is 15.5. The second kappa shape index (κ2) is 6.51. The van der Waals surface area contributed by atoms with Gasteiger partial charge in [-0.3, -0.25) is 4.79 Å². The molecule has 0 aromatic heterocycles. The number of nitrogens with two attached hydrogens (primary N) is 1. The van der Waals surface area contributed by atoms with Gasteiger partial charge in [-0.15, -0.1) is 0 Å². The molecule has 0 fully saturated rings. The third-order valence-corrected chi connectivity index (χ3v) is 3.82. The Morgan fingerprint density at radius 2 is 2.05 bits per heavy atom. The molecule has 1 rings (SSSR count). The molecule has 0 aliphatic heterocycles. The second-order valence-electron chi connectivity index (χ2n) is 4.75. The number of primary sulfonamides is 1. The molecular weight excluding hydrogens is 307 g/mol. The fraction of sp³-hybridized carbons (Fsp3) is 0.417. The van der Waals surface area contributed by atoms with E-state index in [-0.39, 0.29) is 10.6 Å². The number of halogens is 2. The molecule has 20 heavy (non-hydrogen) atoms. The van der Waals surface area contributed by atoms with Crippen molar-refractivity contribution in [3.63, 3.8) is 0 Å². The van der Waals surface area contributed by atoms with Gasteiger partial charge in [0.2, 0.25) is 10.0 Å². The van der Waals surface area contributed by atoms with E-state index in [2.05, 4.69) is 5.32 Å². The van der Waals surface area contributed by atoms with Gasteiger partial charge in [-0.25, -0.2) is 17.9 Å². The molecule has 0 saturated heterocycles. The zero-order valence-electron chi connectivity index (χ0n) is 11.1. The summed E-state index contributed by atoms with van der Waals surface area (Å²) >= 11 is 5.75. The van der Waals surface area contributed by atoms with Crippen LogP contribution < -0.4 is 10.5 Å². The van der Waals surface area contributed by atoms with Gasteiger partial charge in [0, 0.05) is 6.54 Å². The number of sulfonamides is 1. The molecule has 3 N–H and O–H groups in total. The first-order valence-corrected chi connectivity index (χ1v) is 7.85. The maximum Gasteiger partial charge on any atom is 0.252 e. The van der Waals surface area contributed by atoms with Crippen LogP contribution in [0.4, 0.5) is 4.39 Å². The summed E-state index contributed by atoms with van der Waals surface area (Å²) in [5.41, 5.74) is -0.124. The molecule has 0 unspecified atom stereocenters. The Morgan fingerprint density at radius 3 is 2.55 bits per heavy atom. The lowest BCUT2D eigenvalue weighted by atomic mass is 10.1. The zero-order valence-corrected chi connectivity index (χ0v) is 12.7. The summed E-state index contributed by atoms with van der Waals surface area (Å²) in [6.07, 6.45) is 0.757. The molecule has 0 atom stereocenters. The number of amides is 1. The van der Waals surface area contributed by atoms with Crippen LogP contribution in [0.3, 0.4) is 0 Å². The first kappa shape index (κ1) is 16.9. The highest BCUT2D eigenvalue weighted by atomic mass is 35.5. The van der Waals surface area contributed by atoms with Crippen LogP contribution in [0.1, 0.15) is 30.6 Å². The highest BCUT2D eigenvalue weighted by molar-refractivity contribution is 7.89. The van der Waals surface area contributed by atoms with Crippen LogP contribution in [0, 0.1) is 11.7 Å². The van der Waals surface area contributed by atoms with Crippen molar-refractivity contribution in [3.05, 3.63) is 28.5 Å². The number of hydrogen-bond acceptors (Lipinski definition) is 3. The van der Waals surface area contributed by atoms with Crippen molar-refractivity contribution in [1.82, 2.24) is 5.32 Å². The lowest BCUT2D eigenvalue weighted by Gasteiger charge is -2.10. The van der Waals surface area contributed by atoms with Crippen LogP contribution in [0.5, 0.6) is 0 Å². The van der Waals surface area contributed by atoms with Crippen molar-refractivity contribution in [2.75, 3.05) is 6.54 Å². The predicted molar refractivity (Wildman–Crippen MR) is 74.6 cm³/mol. The molecule has 0 spiro atoms. The van der Waals surface area contributed by atoms with Crippen LogP contribution in [0.25, 0.3) is 0 Å². The average molecular weight is 323 g/mol. The van der Waals surface area contributed by atoms with E-state index in [1.807, 2.05) is 13.8 Å². The van der Waals surface area contributed by atoms with E-state index in [1.165, 1.54) is 0 Å². The fourth-order valence-corrected chi connectivity index (χ4v) is 2.34. The molecule has 112 valence electrons. The molecule has 0 bridgehead atoms. The Labute approximate surface area is 122 Å². The van der Waals surface area contributed by atoms with Gasteiger partial charge >= 0.3 is 0 Å². The van der Waals surface area contributed by atoms with E-state index in [9.17, 15) is 17.6 Å². The Morgan fingerprint density at radius 1 is 1.45 bits per heavy atom. The Hall–Kier alpha value is -1.18. The van der Waals surface area contributed by atoms with Crippen molar-refractivity contribution in [2.24, 2.45) is 11.1 Å². The highest BCUT2D eigenvalue weighted by Crippen LogP contribution is 2.23. The van der Waals surface area contributed by atoms with Crippen molar-refractivity contribution in [1.29, 1.82) is 0 Å². The van der Waals surface area contributed by atoms with Gasteiger partial charge in [0.05, 0.1) is 10.6 Å². The van der Waals surface area contributed by atoms with Crippen molar-refractivity contribution in [3.8, 4) is 0 Å². The SMILES string of the molecule is CC(C)CCNC(=O)c1cc(S(N)(=O)=O)c(F)cc1Cl. The summed E-state index contributed by atoms with van der Waals surface area (Å²) in [5.74, 6) is -1.25. The molecule has 0 heterocycles. The topological polar surface area (TPSA) is 89.3 Å². The molecule has 0 aliphatic carbocycles. The van der Waals surface area contributed by atoms with E-state index in [1.54, 1.807) is 0 Å². The van der Waals surface area contributed by atoms with Crippen LogP contribution >= 0.6 is 11.6 Å². The maximum absolute atomic E-state index is 13.5. The van der Waals surface area contributed by atoms with Gasteiger partial charge in [0.15, 0.2) is 0 Å². The molecule has 0 aliphatic rings. The fourth-order valence-electron chi connectivity index (χ4n) is 1.49. The summed E-state index contributed by atoms with van der Waals surface area (Å²) in [5, 5.41) is 7.29. The smallest absolute Gasteiger partial charge is 0.252 e. The standard InChI is InChI=1S/C12H16ClFN2O3S/c1-7(2)3-4-16-12(17)8-5-11(20(15,18)19)10(14)6-9(8)13/h5-7H,3-4H2,1-2H3,(H,16,17)(H2,15,18,19). The van der Waals surface area contributed by atoms with Crippen LogP contribution in [-0.4, -0.2) is 20.9 Å². The van der Waals surface area contributed by atoms with E-state index >= 15 is 0 Å². The molecule has 1 aromatic rings. The third-order valence-electron chi connectivity index (χ3n) is 2.58. The van der Waals surface area contributed by atoms with Gasteiger partial charge < -0.3 is 5.32 Å². The van der Waals surface area contributed by atoms with Gasteiger partial charge in [0.1, 0.15) is 10.7 Å². The molecular formula is C12H16ClFN2O3S. The van der Waals surface area contributed by atoms with E-state index in [0.717, 1.165) is 18.6 Å². The average Bonchev–Trinajstić information content (AvgIpc) is 2.26. The quantitative estimate of drug-likeness (QED) is 0.867. The Balaban J connectivity index is 3.04. The molecule has 8 heteroatoms. The number of rotatable bonds is 5. The summed E-state index contributed by atoms with van der Waals surface area (Å²) in [4.78, 5) is 11.1. The van der Waals surface area contributed by atoms with Gasteiger partial charge in [-0.05, 0) is 24.5 Å². The Bertz CT molecular complexity index is 617. The van der Waals surface area contributed by atoms with E-state index in [4.69, 9.17) is 16.7 Å². The lowest BCUT2D eigenvalue weighted by Crippen LogP contribution is -2.26. The lowest BCUT2D eigenvalue weighted by molar-refractivity contribution is 0.0952. The van der Waals surface area contributed by atoms with Crippen molar-refractivity contribution in [2.45, 2.75) is 25.2 Å². The highest BCUT2D eigenvalue weighted by Gasteiger charge is 2.20. The number of carbonyl (C=O) groups excluding carboxylic acids is 1. The number of hydrogen-bond donors (Lipinski definition) is 2. The monoisotopic (exact) mass is 322 g/mol. The van der Waals surface area contributed by atoms with E-state index < -0.39 is 26.6 Å². The Kier molecular flexibility index (Phi) is 5.50. The minimum absolute atomic E-state index is 0.124. The van der Waals surface area contributed by atoms with Gasteiger partial charge in [0.25, 0.3) is 5.91 Å². The summed E-state index contributed by atoms with van der Waals surface area (Å²) in [6, 6.07) is 1.61. The van der Waals surface area contributed by atoms with Gasteiger partial charge in [-0.1, -0.05) is 25.4 Å². The maximum atomic E-state index is 13.5.